The molecule has 0 aliphatic carbocycles. The Morgan fingerprint density at radius 3 is 2.47 bits per heavy atom. The highest BCUT2D eigenvalue weighted by Gasteiger charge is 2.14. The molecule has 0 fully saturated rings. The van der Waals surface area contributed by atoms with E-state index in [4.69, 9.17) is 0 Å². The summed E-state index contributed by atoms with van der Waals surface area (Å²) in [6, 6.07) is 12.0. The quantitative estimate of drug-likeness (QED) is 0.820. The molecular weight excluding hydrogens is 375 g/mol. The fourth-order valence-electron chi connectivity index (χ4n) is 1.54. The molecule has 1 N–H and O–H groups in total. The van der Waals surface area contributed by atoms with Crippen molar-refractivity contribution in [3.8, 4) is 0 Å². The van der Waals surface area contributed by atoms with E-state index < -0.39 is 10.0 Å². The molecule has 0 aliphatic rings. The molecule has 2 aromatic rings. The third-order valence-electron chi connectivity index (χ3n) is 2.53. The van der Waals surface area contributed by atoms with Crippen LogP contribution < -0.4 is 4.72 Å². The summed E-state index contributed by atoms with van der Waals surface area (Å²) in [6.45, 7) is 1.97. The minimum atomic E-state index is -3.57. The van der Waals surface area contributed by atoms with Crippen LogP contribution in [-0.2, 0) is 16.4 Å². The van der Waals surface area contributed by atoms with Crippen LogP contribution in [0.3, 0.4) is 0 Å². The second-order valence-electron chi connectivity index (χ2n) is 3.93. The van der Waals surface area contributed by atoms with Crippen LogP contribution in [0.2, 0.25) is 0 Å². The molecule has 0 bridgehead atoms. The number of aryl methyl sites for hydroxylation is 1. The van der Waals surface area contributed by atoms with E-state index in [0.717, 1.165) is 15.7 Å². The predicted molar refractivity (Wildman–Crippen MR) is 83.6 cm³/mol. The summed E-state index contributed by atoms with van der Waals surface area (Å²) in [5.41, 5.74) is 0.850. The Kier molecular flexibility index (Phi) is 4.41. The van der Waals surface area contributed by atoms with Crippen LogP contribution in [0.15, 0.2) is 47.4 Å². The summed E-state index contributed by atoms with van der Waals surface area (Å²) in [6.07, 6.45) is 0.763. The molecule has 0 spiro atoms. The van der Waals surface area contributed by atoms with Crippen molar-refractivity contribution >= 4 is 38.4 Å². The molecule has 0 amide bonds. The number of sulfonamides is 1. The predicted octanol–water partition coefficient (Wildman–Crippen LogP) is 3.05. The van der Waals surface area contributed by atoms with Gasteiger partial charge in [0.05, 0.1) is 4.90 Å². The van der Waals surface area contributed by atoms with Gasteiger partial charge in [0.15, 0.2) is 0 Å². The van der Waals surface area contributed by atoms with E-state index in [2.05, 4.69) is 32.3 Å². The Balaban J connectivity index is 2.28. The Bertz CT molecular complexity index is 669. The SMILES string of the molecule is CCc1cccc(NS(=O)(=O)c2ccc(I)cc2)n1. The van der Waals surface area contributed by atoms with Crippen LogP contribution in [0.5, 0.6) is 0 Å². The third kappa shape index (κ3) is 3.66. The van der Waals surface area contributed by atoms with Crippen molar-refractivity contribution in [2.75, 3.05) is 4.72 Å². The minimum Gasteiger partial charge on any atom is -0.263 e. The van der Waals surface area contributed by atoms with Crippen LogP contribution in [0.25, 0.3) is 0 Å². The number of nitrogens with one attached hydrogen (secondary N) is 1. The van der Waals surface area contributed by atoms with Crippen LogP contribution in [0.1, 0.15) is 12.6 Å². The van der Waals surface area contributed by atoms with E-state index in [9.17, 15) is 8.42 Å². The van der Waals surface area contributed by atoms with Gasteiger partial charge in [-0.15, -0.1) is 0 Å². The summed E-state index contributed by atoms with van der Waals surface area (Å²) in [5, 5.41) is 0. The normalized spacial score (nSPS) is 11.3. The number of benzene rings is 1. The molecule has 4 nitrogen and oxygen atoms in total. The number of nitrogens with zero attached hydrogens (tertiary/aromatic N) is 1. The lowest BCUT2D eigenvalue weighted by atomic mass is 10.3. The summed E-state index contributed by atoms with van der Waals surface area (Å²) < 4.78 is 27.8. The fraction of sp³-hybridized carbons (Fsp3) is 0.154. The highest BCUT2D eigenvalue weighted by molar-refractivity contribution is 14.1. The zero-order valence-corrected chi connectivity index (χ0v) is 13.3. The molecule has 0 unspecified atom stereocenters. The number of hydrogen-bond donors (Lipinski definition) is 1. The van der Waals surface area contributed by atoms with Gasteiger partial charge in [0.25, 0.3) is 10.0 Å². The highest BCUT2D eigenvalue weighted by atomic mass is 127. The van der Waals surface area contributed by atoms with E-state index in [1.54, 1.807) is 36.4 Å². The summed E-state index contributed by atoms with van der Waals surface area (Å²) in [4.78, 5) is 4.46. The maximum atomic E-state index is 12.2. The van der Waals surface area contributed by atoms with Crippen molar-refractivity contribution in [2.24, 2.45) is 0 Å². The molecular formula is C13H13IN2O2S. The van der Waals surface area contributed by atoms with Crippen LogP contribution >= 0.6 is 22.6 Å². The van der Waals surface area contributed by atoms with Gasteiger partial charge < -0.3 is 0 Å². The van der Waals surface area contributed by atoms with Crippen molar-refractivity contribution in [1.29, 1.82) is 0 Å². The topological polar surface area (TPSA) is 59.1 Å². The van der Waals surface area contributed by atoms with Crippen molar-refractivity contribution < 1.29 is 8.42 Å². The monoisotopic (exact) mass is 388 g/mol. The largest absolute Gasteiger partial charge is 0.263 e. The van der Waals surface area contributed by atoms with Gasteiger partial charge in [-0.05, 0) is 65.4 Å². The Morgan fingerprint density at radius 2 is 1.84 bits per heavy atom. The van der Waals surface area contributed by atoms with Gasteiger partial charge in [-0.3, -0.25) is 4.72 Å². The van der Waals surface area contributed by atoms with Gasteiger partial charge in [0.1, 0.15) is 5.82 Å². The molecule has 0 aliphatic heterocycles. The molecule has 6 heteroatoms. The van der Waals surface area contributed by atoms with Gasteiger partial charge in [-0.1, -0.05) is 13.0 Å². The average Bonchev–Trinajstić information content (AvgIpc) is 2.39. The standard InChI is InChI=1S/C13H13IN2O2S/c1-2-11-4-3-5-13(15-11)16-19(17,18)12-8-6-10(14)7-9-12/h3-9H,2H2,1H3,(H,15,16). The lowest BCUT2D eigenvalue weighted by molar-refractivity contribution is 0.601. The van der Waals surface area contributed by atoms with Crippen molar-refractivity contribution in [3.05, 3.63) is 51.7 Å². The van der Waals surface area contributed by atoms with Crippen LogP contribution in [-0.4, -0.2) is 13.4 Å². The number of rotatable bonds is 4. The van der Waals surface area contributed by atoms with E-state index in [1.807, 2.05) is 13.0 Å². The smallest absolute Gasteiger partial charge is 0.263 e. The number of hydrogen-bond acceptors (Lipinski definition) is 3. The molecule has 0 saturated heterocycles. The lowest BCUT2D eigenvalue weighted by Gasteiger charge is -2.08. The summed E-state index contributed by atoms with van der Waals surface area (Å²) >= 11 is 2.13. The fourth-order valence-corrected chi connectivity index (χ4v) is 2.90. The molecule has 1 aromatic heterocycles. The maximum Gasteiger partial charge on any atom is 0.263 e. The van der Waals surface area contributed by atoms with E-state index in [1.165, 1.54) is 0 Å². The van der Waals surface area contributed by atoms with E-state index in [-0.39, 0.29) is 4.90 Å². The molecule has 1 heterocycles. The Morgan fingerprint density at radius 1 is 1.16 bits per heavy atom. The zero-order valence-electron chi connectivity index (χ0n) is 10.3. The molecule has 19 heavy (non-hydrogen) atoms. The zero-order chi connectivity index (χ0) is 13.9. The van der Waals surface area contributed by atoms with Crippen molar-refractivity contribution in [1.82, 2.24) is 4.98 Å². The highest BCUT2D eigenvalue weighted by Crippen LogP contribution is 2.16. The van der Waals surface area contributed by atoms with Gasteiger partial charge in [-0.2, -0.15) is 0 Å². The lowest BCUT2D eigenvalue weighted by Crippen LogP contribution is -2.14. The van der Waals surface area contributed by atoms with Crippen LogP contribution in [0.4, 0.5) is 5.82 Å². The Labute approximate surface area is 126 Å². The third-order valence-corrected chi connectivity index (χ3v) is 4.62. The number of pyridine rings is 1. The second kappa shape index (κ2) is 5.87. The maximum absolute atomic E-state index is 12.2. The molecule has 0 radical (unpaired) electrons. The molecule has 1 aromatic carbocycles. The Hall–Kier alpha value is -1.15. The van der Waals surface area contributed by atoms with Crippen molar-refractivity contribution in [3.63, 3.8) is 0 Å². The molecule has 2 rings (SSSR count). The first kappa shape index (κ1) is 14.3. The minimum absolute atomic E-state index is 0.233. The molecule has 100 valence electrons. The number of halogens is 1. The van der Waals surface area contributed by atoms with Gasteiger partial charge in [-0.25, -0.2) is 13.4 Å². The van der Waals surface area contributed by atoms with Gasteiger partial charge in [0.2, 0.25) is 0 Å². The van der Waals surface area contributed by atoms with Gasteiger partial charge in [0, 0.05) is 9.26 Å². The van der Waals surface area contributed by atoms with E-state index in [0.29, 0.717) is 5.82 Å². The van der Waals surface area contributed by atoms with E-state index >= 15 is 0 Å². The summed E-state index contributed by atoms with van der Waals surface area (Å²) in [7, 11) is -3.57. The molecule has 0 atom stereocenters. The number of anilines is 1. The second-order valence-corrected chi connectivity index (χ2v) is 6.86. The van der Waals surface area contributed by atoms with Crippen molar-refractivity contribution in [2.45, 2.75) is 18.2 Å². The first-order chi connectivity index (χ1) is 9.01. The first-order valence-electron chi connectivity index (χ1n) is 5.75. The van der Waals surface area contributed by atoms with Gasteiger partial charge >= 0.3 is 0 Å². The number of aromatic nitrogens is 1. The average molecular weight is 388 g/mol. The molecule has 0 saturated carbocycles. The van der Waals surface area contributed by atoms with Crippen LogP contribution in [0, 0.1) is 3.57 Å². The summed E-state index contributed by atoms with van der Waals surface area (Å²) in [5.74, 6) is 0.345. The first-order valence-corrected chi connectivity index (χ1v) is 8.32.